The summed E-state index contributed by atoms with van der Waals surface area (Å²) in [6.45, 7) is 8.48. The van der Waals surface area contributed by atoms with Crippen molar-refractivity contribution in [1.82, 2.24) is 5.32 Å². The molecule has 0 heterocycles. The van der Waals surface area contributed by atoms with Gasteiger partial charge in [-0.3, -0.25) is 4.79 Å². The minimum atomic E-state index is -0.199. The van der Waals surface area contributed by atoms with E-state index in [0.29, 0.717) is 6.61 Å². The second-order valence-electron chi connectivity index (χ2n) is 5.46. The number of hydrogen-bond acceptors (Lipinski definition) is 4. The lowest BCUT2D eigenvalue weighted by molar-refractivity contribution is -0.145. The summed E-state index contributed by atoms with van der Waals surface area (Å²) in [5, 5.41) is 3.28. The van der Waals surface area contributed by atoms with Crippen LogP contribution in [0, 0.1) is 6.92 Å². The minimum absolute atomic E-state index is 0.137. The van der Waals surface area contributed by atoms with Crippen LogP contribution in [0.1, 0.15) is 38.3 Å². The van der Waals surface area contributed by atoms with E-state index in [4.69, 9.17) is 4.74 Å². The van der Waals surface area contributed by atoms with Crippen molar-refractivity contribution < 1.29 is 9.53 Å². The first-order valence-electron chi connectivity index (χ1n) is 7.59. The summed E-state index contributed by atoms with van der Waals surface area (Å²) in [4.78, 5) is 11.9. The number of nitrogens with one attached hydrogen (secondary N) is 1. The van der Waals surface area contributed by atoms with E-state index in [-0.39, 0.29) is 18.1 Å². The fourth-order valence-electron chi connectivity index (χ4n) is 2.11. The highest BCUT2D eigenvalue weighted by Crippen LogP contribution is 2.15. The summed E-state index contributed by atoms with van der Waals surface area (Å²) in [6, 6.07) is 8.64. The normalized spacial score (nSPS) is 12.4. The van der Waals surface area contributed by atoms with Gasteiger partial charge < -0.3 is 10.1 Å². The third-order valence-electron chi connectivity index (χ3n) is 3.01. The number of ether oxygens (including phenoxy) is 1. The van der Waals surface area contributed by atoms with Gasteiger partial charge in [-0.05, 0) is 31.6 Å². The van der Waals surface area contributed by atoms with Crippen molar-refractivity contribution in [2.45, 2.75) is 52.0 Å². The van der Waals surface area contributed by atoms with E-state index in [2.05, 4.69) is 36.5 Å². The number of carbonyl (C=O) groups excluding carboxylic acids is 1. The smallest absolute Gasteiger partial charge is 0.323 e. The average molecular weight is 309 g/mol. The first-order chi connectivity index (χ1) is 10.0. The number of benzene rings is 1. The van der Waals surface area contributed by atoms with E-state index in [1.807, 2.05) is 32.5 Å². The van der Waals surface area contributed by atoms with Crippen molar-refractivity contribution in [1.29, 1.82) is 0 Å². The van der Waals surface area contributed by atoms with Crippen LogP contribution >= 0.6 is 11.8 Å². The van der Waals surface area contributed by atoms with Gasteiger partial charge >= 0.3 is 5.97 Å². The van der Waals surface area contributed by atoms with Gasteiger partial charge in [-0.15, -0.1) is 0 Å². The Kier molecular flexibility index (Phi) is 8.47. The molecule has 1 N–H and O–H groups in total. The topological polar surface area (TPSA) is 38.3 Å². The Hall–Kier alpha value is -1.00. The lowest BCUT2D eigenvalue weighted by Gasteiger charge is -2.19. The quantitative estimate of drug-likeness (QED) is 0.559. The molecule has 0 aliphatic heterocycles. The summed E-state index contributed by atoms with van der Waals surface area (Å²) in [7, 11) is 0. The molecular weight excluding hydrogens is 282 g/mol. The molecule has 3 nitrogen and oxygen atoms in total. The maximum Gasteiger partial charge on any atom is 0.323 e. The third kappa shape index (κ3) is 7.53. The molecule has 0 aliphatic rings. The Bertz CT molecular complexity index is 435. The number of hydrogen-bond donors (Lipinski definition) is 1. The first-order valence-corrected chi connectivity index (χ1v) is 8.74. The number of thioether (sulfide) groups is 1. The molecule has 1 atom stereocenters. The van der Waals surface area contributed by atoms with Gasteiger partial charge in [0.25, 0.3) is 0 Å². The van der Waals surface area contributed by atoms with Gasteiger partial charge in [0.1, 0.15) is 6.04 Å². The molecule has 0 amide bonds. The number of aryl methyl sites for hydroxylation is 1. The summed E-state index contributed by atoms with van der Waals surface area (Å²) in [6.07, 6.45) is 0.799. The highest BCUT2D eigenvalue weighted by Gasteiger charge is 2.19. The molecule has 0 aliphatic carbocycles. The van der Waals surface area contributed by atoms with Crippen molar-refractivity contribution in [2.75, 3.05) is 12.4 Å². The molecule has 0 saturated carbocycles. The first kappa shape index (κ1) is 18.1. The largest absolute Gasteiger partial charge is 0.465 e. The number of rotatable bonds is 9. The molecule has 1 rings (SSSR count). The predicted molar refractivity (Wildman–Crippen MR) is 90.7 cm³/mol. The summed E-state index contributed by atoms with van der Waals surface area (Å²) < 4.78 is 5.13. The lowest BCUT2D eigenvalue weighted by atomic mass is 10.2. The standard InChI is InChI=1S/C17H27NO2S/c1-5-20-17(19)16(18-13(2)3)9-10-21-12-15-8-6-7-14(4)11-15/h6-8,11,13,16,18H,5,9-10,12H2,1-4H3. The van der Waals surface area contributed by atoms with Crippen LogP contribution in [0.5, 0.6) is 0 Å². The van der Waals surface area contributed by atoms with E-state index in [1.165, 1.54) is 11.1 Å². The second kappa shape index (κ2) is 9.85. The van der Waals surface area contributed by atoms with Crippen LogP contribution in [-0.2, 0) is 15.3 Å². The molecule has 0 radical (unpaired) electrons. The van der Waals surface area contributed by atoms with Gasteiger partial charge in [-0.25, -0.2) is 0 Å². The van der Waals surface area contributed by atoms with Crippen molar-refractivity contribution in [3.8, 4) is 0 Å². The zero-order valence-corrected chi connectivity index (χ0v) is 14.3. The van der Waals surface area contributed by atoms with Crippen LogP contribution in [0.3, 0.4) is 0 Å². The van der Waals surface area contributed by atoms with Crippen LogP contribution in [0.15, 0.2) is 24.3 Å². The van der Waals surface area contributed by atoms with Crippen LogP contribution < -0.4 is 5.32 Å². The average Bonchev–Trinajstić information content (AvgIpc) is 2.42. The minimum Gasteiger partial charge on any atom is -0.465 e. The zero-order chi connectivity index (χ0) is 15.7. The van der Waals surface area contributed by atoms with E-state index in [1.54, 1.807) is 0 Å². The highest BCUT2D eigenvalue weighted by molar-refractivity contribution is 7.98. The highest BCUT2D eigenvalue weighted by atomic mass is 32.2. The lowest BCUT2D eigenvalue weighted by Crippen LogP contribution is -2.42. The molecule has 1 unspecified atom stereocenters. The van der Waals surface area contributed by atoms with Crippen LogP contribution in [0.2, 0.25) is 0 Å². The molecule has 1 aromatic rings. The Morgan fingerprint density at radius 3 is 2.76 bits per heavy atom. The van der Waals surface area contributed by atoms with E-state index in [0.717, 1.165) is 17.9 Å². The molecule has 21 heavy (non-hydrogen) atoms. The molecule has 0 aromatic heterocycles. The number of esters is 1. The van der Waals surface area contributed by atoms with Crippen LogP contribution in [0.25, 0.3) is 0 Å². The Labute approximate surface area is 132 Å². The fourth-order valence-corrected chi connectivity index (χ4v) is 3.07. The Balaban J connectivity index is 2.37. The van der Waals surface area contributed by atoms with Crippen molar-refractivity contribution in [3.63, 3.8) is 0 Å². The Morgan fingerprint density at radius 2 is 2.14 bits per heavy atom. The molecule has 0 bridgehead atoms. The molecular formula is C17H27NO2S. The van der Waals surface area contributed by atoms with E-state index < -0.39 is 0 Å². The molecule has 0 saturated heterocycles. The van der Waals surface area contributed by atoms with Crippen LogP contribution in [-0.4, -0.2) is 30.4 Å². The molecule has 0 spiro atoms. The second-order valence-corrected chi connectivity index (χ2v) is 6.56. The van der Waals surface area contributed by atoms with Gasteiger partial charge in [-0.1, -0.05) is 43.7 Å². The predicted octanol–water partition coefficient (Wildman–Crippen LogP) is 3.55. The van der Waals surface area contributed by atoms with Gasteiger partial charge in [0, 0.05) is 11.8 Å². The van der Waals surface area contributed by atoms with Crippen molar-refractivity contribution in [2.24, 2.45) is 0 Å². The molecule has 1 aromatic carbocycles. The molecule has 0 fully saturated rings. The SMILES string of the molecule is CCOC(=O)C(CCSCc1cccc(C)c1)NC(C)C. The van der Waals surface area contributed by atoms with Gasteiger partial charge in [0.15, 0.2) is 0 Å². The van der Waals surface area contributed by atoms with Gasteiger partial charge in [0.2, 0.25) is 0 Å². The van der Waals surface area contributed by atoms with Crippen molar-refractivity contribution >= 4 is 17.7 Å². The summed E-state index contributed by atoms with van der Waals surface area (Å²) >= 11 is 1.86. The zero-order valence-electron chi connectivity index (χ0n) is 13.5. The summed E-state index contributed by atoms with van der Waals surface area (Å²) in [5.41, 5.74) is 2.63. The molecule has 118 valence electrons. The summed E-state index contributed by atoms with van der Waals surface area (Å²) in [5.74, 6) is 1.79. The molecule has 4 heteroatoms. The van der Waals surface area contributed by atoms with Crippen LogP contribution in [0.4, 0.5) is 0 Å². The maximum absolute atomic E-state index is 11.9. The van der Waals surface area contributed by atoms with Gasteiger partial charge in [-0.2, -0.15) is 11.8 Å². The van der Waals surface area contributed by atoms with E-state index in [9.17, 15) is 4.79 Å². The van der Waals surface area contributed by atoms with Gasteiger partial charge in [0.05, 0.1) is 6.61 Å². The monoisotopic (exact) mass is 309 g/mol. The number of carbonyl (C=O) groups is 1. The Morgan fingerprint density at radius 1 is 1.38 bits per heavy atom. The third-order valence-corrected chi connectivity index (χ3v) is 4.07. The van der Waals surface area contributed by atoms with Crippen molar-refractivity contribution in [3.05, 3.63) is 35.4 Å². The maximum atomic E-state index is 11.9. The fraction of sp³-hybridized carbons (Fsp3) is 0.588. The van der Waals surface area contributed by atoms with E-state index >= 15 is 0 Å².